The standard InChI is InChI=1S/C17H23N3S/c1-3-14-18-16(20-10-5-4-7-11(20)2)15-12-8-6-9-13(12)21-17(15)19-14/h11H,3-10H2,1-2H3. The molecule has 0 spiro atoms. The summed E-state index contributed by atoms with van der Waals surface area (Å²) in [6.07, 6.45) is 8.64. The van der Waals surface area contributed by atoms with Crippen molar-refractivity contribution in [3.63, 3.8) is 0 Å². The van der Waals surface area contributed by atoms with Crippen molar-refractivity contribution in [2.45, 2.75) is 64.8 Å². The van der Waals surface area contributed by atoms with Crippen LogP contribution in [0.2, 0.25) is 0 Å². The van der Waals surface area contributed by atoms with Crippen molar-refractivity contribution in [1.29, 1.82) is 0 Å². The number of thiophene rings is 1. The van der Waals surface area contributed by atoms with Gasteiger partial charge in [-0.05, 0) is 51.0 Å². The van der Waals surface area contributed by atoms with Gasteiger partial charge in [-0.1, -0.05) is 6.92 Å². The summed E-state index contributed by atoms with van der Waals surface area (Å²) in [5, 5.41) is 1.39. The Bertz CT molecular complexity index is 676. The van der Waals surface area contributed by atoms with Crippen molar-refractivity contribution in [2.75, 3.05) is 11.4 Å². The molecular weight excluding hydrogens is 278 g/mol. The molecule has 0 radical (unpaired) electrons. The van der Waals surface area contributed by atoms with Crippen LogP contribution in [0, 0.1) is 0 Å². The predicted molar refractivity (Wildman–Crippen MR) is 89.5 cm³/mol. The first-order valence-corrected chi connectivity index (χ1v) is 9.17. The maximum absolute atomic E-state index is 4.96. The molecule has 0 bridgehead atoms. The van der Waals surface area contributed by atoms with Crippen LogP contribution in [0.3, 0.4) is 0 Å². The number of hydrogen-bond acceptors (Lipinski definition) is 4. The molecule has 4 rings (SSSR count). The van der Waals surface area contributed by atoms with Gasteiger partial charge in [-0.25, -0.2) is 9.97 Å². The number of piperidine rings is 1. The van der Waals surface area contributed by atoms with E-state index in [0.717, 1.165) is 18.8 Å². The lowest BCUT2D eigenvalue weighted by Gasteiger charge is -2.35. The van der Waals surface area contributed by atoms with E-state index in [1.807, 2.05) is 11.3 Å². The lowest BCUT2D eigenvalue weighted by Crippen LogP contribution is -2.38. The van der Waals surface area contributed by atoms with Gasteiger partial charge in [-0.3, -0.25) is 0 Å². The number of rotatable bonds is 2. The van der Waals surface area contributed by atoms with Crippen LogP contribution in [-0.4, -0.2) is 22.6 Å². The fourth-order valence-electron chi connectivity index (χ4n) is 3.80. The average molecular weight is 301 g/mol. The van der Waals surface area contributed by atoms with Gasteiger partial charge >= 0.3 is 0 Å². The number of anilines is 1. The smallest absolute Gasteiger partial charge is 0.141 e. The van der Waals surface area contributed by atoms with Gasteiger partial charge < -0.3 is 4.90 Å². The Hall–Kier alpha value is -1.16. The number of aromatic nitrogens is 2. The van der Waals surface area contributed by atoms with Crippen LogP contribution in [0.5, 0.6) is 0 Å². The second kappa shape index (κ2) is 5.24. The van der Waals surface area contributed by atoms with Gasteiger partial charge in [-0.15, -0.1) is 11.3 Å². The fourth-order valence-corrected chi connectivity index (χ4v) is 5.07. The summed E-state index contributed by atoms with van der Waals surface area (Å²) in [5.74, 6) is 2.25. The van der Waals surface area contributed by atoms with E-state index in [4.69, 9.17) is 9.97 Å². The van der Waals surface area contributed by atoms with Crippen LogP contribution >= 0.6 is 11.3 Å². The highest BCUT2D eigenvalue weighted by Crippen LogP contribution is 2.41. The van der Waals surface area contributed by atoms with Crippen molar-refractivity contribution in [3.8, 4) is 0 Å². The molecule has 0 saturated carbocycles. The SMILES string of the molecule is CCc1nc(N2CCCCC2C)c2c3c(sc2n1)CCC3. The number of aryl methyl sites for hydroxylation is 3. The zero-order valence-electron chi connectivity index (χ0n) is 13.0. The lowest BCUT2D eigenvalue weighted by atomic mass is 10.0. The zero-order chi connectivity index (χ0) is 14.4. The van der Waals surface area contributed by atoms with Gasteiger partial charge in [-0.2, -0.15) is 0 Å². The molecule has 2 aliphatic rings. The third-order valence-electron chi connectivity index (χ3n) is 4.98. The minimum absolute atomic E-state index is 0.610. The molecule has 2 aromatic rings. The van der Waals surface area contributed by atoms with E-state index in [1.165, 1.54) is 54.6 Å². The van der Waals surface area contributed by atoms with Gasteiger partial charge in [0.15, 0.2) is 0 Å². The van der Waals surface area contributed by atoms with E-state index < -0.39 is 0 Å². The molecule has 4 heteroatoms. The van der Waals surface area contributed by atoms with E-state index in [1.54, 1.807) is 10.4 Å². The summed E-state index contributed by atoms with van der Waals surface area (Å²) in [6, 6.07) is 0.610. The molecule has 0 N–H and O–H groups in total. The fraction of sp³-hybridized carbons (Fsp3) is 0.647. The quantitative estimate of drug-likeness (QED) is 0.835. The molecule has 0 aromatic carbocycles. The lowest BCUT2D eigenvalue weighted by molar-refractivity contribution is 0.482. The molecule has 3 nitrogen and oxygen atoms in total. The minimum Gasteiger partial charge on any atom is -0.353 e. The zero-order valence-corrected chi connectivity index (χ0v) is 13.8. The number of hydrogen-bond donors (Lipinski definition) is 0. The first-order chi connectivity index (χ1) is 10.3. The van der Waals surface area contributed by atoms with Crippen LogP contribution in [-0.2, 0) is 19.3 Å². The Labute approximate surface area is 130 Å². The summed E-state index contributed by atoms with van der Waals surface area (Å²) in [6.45, 7) is 5.66. The molecule has 2 aromatic heterocycles. The van der Waals surface area contributed by atoms with Crippen LogP contribution < -0.4 is 4.90 Å². The molecule has 1 fully saturated rings. The van der Waals surface area contributed by atoms with Gasteiger partial charge in [0.2, 0.25) is 0 Å². The molecule has 1 aliphatic heterocycles. The van der Waals surface area contributed by atoms with Crippen LogP contribution in [0.4, 0.5) is 5.82 Å². The van der Waals surface area contributed by atoms with Gasteiger partial charge in [0.05, 0.1) is 5.39 Å². The summed E-state index contributed by atoms with van der Waals surface area (Å²) in [5.41, 5.74) is 1.56. The molecule has 21 heavy (non-hydrogen) atoms. The maximum atomic E-state index is 4.96. The predicted octanol–water partition coefficient (Wildman–Crippen LogP) is 4.12. The van der Waals surface area contributed by atoms with E-state index in [9.17, 15) is 0 Å². The summed E-state index contributed by atoms with van der Waals surface area (Å²) >= 11 is 1.92. The third kappa shape index (κ3) is 2.15. The van der Waals surface area contributed by atoms with Crippen LogP contribution in [0.1, 0.15) is 55.8 Å². The Morgan fingerprint density at radius 1 is 1.19 bits per heavy atom. The molecular formula is C17H23N3S. The second-order valence-corrected chi connectivity index (χ2v) is 7.48. The van der Waals surface area contributed by atoms with E-state index in [2.05, 4.69) is 18.7 Å². The highest BCUT2D eigenvalue weighted by molar-refractivity contribution is 7.19. The molecule has 112 valence electrons. The molecule has 1 aliphatic carbocycles. The maximum Gasteiger partial charge on any atom is 0.141 e. The third-order valence-corrected chi connectivity index (χ3v) is 6.17. The van der Waals surface area contributed by atoms with Crippen molar-refractivity contribution < 1.29 is 0 Å². The number of nitrogens with zero attached hydrogens (tertiary/aromatic N) is 3. The largest absolute Gasteiger partial charge is 0.353 e. The topological polar surface area (TPSA) is 29.0 Å². The Morgan fingerprint density at radius 2 is 2.10 bits per heavy atom. The van der Waals surface area contributed by atoms with Crippen molar-refractivity contribution in [1.82, 2.24) is 9.97 Å². The van der Waals surface area contributed by atoms with E-state index >= 15 is 0 Å². The van der Waals surface area contributed by atoms with Crippen molar-refractivity contribution in [2.24, 2.45) is 0 Å². The van der Waals surface area contributed by atoms with E-state index in [0.29, 0.717) is 6.04 Å². The molecule has 1 unspecified atom stereocenters. The monoisotopic (exact) mass is 301 g/mol. The first-order valence-electron chi connectivity index (χ1n) is 8.35. The summed E-state index contributed by atoms with van der Waals surface area (Å²) < 4.78 is 0. The van der Waals surface area contributed by atoms with Crippen LogP contribution in [0.25, 0.3) is 10.2 Å². The highest BCUT2D eigenvalue weighted by atomic mass is 32.1. The van der Waals surface area contributed by atoms with Gasteiger partial charge in [0.25, 0.3) is 0 Å². The normalized spacial score (nSPS) is 22.0. The van der Waals surface area contributed by atoms with Gasteiger partial charge in [0.1, 0.15) is 16.5 Å². The second-order valence-electron chi connectivity index (χ2n) is 6.39. The van der Waals surface area contributed by atoms with Crippen molar-refractivity contribution >= 4 is 27.4 Å². The highest BCUT2D eigenvalue weighted by Gasteiger charge is 2.27. The Balaban J connectivity index is 1.92. The van der Waals surface area contributed by atoms with Crippen LogP contribution in [0.15, 0.2) is 0 Å². The number of fused-ring (bicyclic) bond motifs is 3. The Kier molecular flexibility index (Phi) is 3.37. The molecule has 1 atom stereocenters. The molecule has 0 amide bonds. The molecule has 1 saturated heterocycles. The van der Waals surface area contributed by atoms with E-state index in [-0.39, 0.29) is 0 Å². The van der Waals surface area contributed by atoms with Crippen molar-refractivity contribution in [3.05, 3.63) is 16.3 Å². The first kappa shape index (κ1) is 13.5. The summed E-state index contributed by atoms with van der Waals surface area (Å²) in [4.78, 5) is 15.1. The molecule has 3 heterocycles. The Morgan fingerprint density at radius 3 is 2.90 bits per heavy atom. The summed E-state index contributed by atoms with van der Waals surface area (Å²) in [7, 11) is 0. The average Bonchev–Trinajstić information content (AvgIpc) is 3.07. The minimum atomic E-state index is 0.610. The van der Waals surface area contributed by atoms with Gasteiger partial charge in [0, 0.05) is 23.9 Å².